The molecule has 15 heteroatoms. The van der Waals surface area contributed by atoms with Gasteiger partial charge < -0.3 is 58.6 Å². The van der Waals surface area contributed by atoms with E-state index in [0.717, 1.165) is 66.1 Å². The lowest BCUT2D eigenvalue weighted by molar-refractivity contribution is -0.697. The van der Waals surface area contributed by atoms with E-state index in [4.69, 9.17) is 28.4 Å². The maximum absolute atomic E-state index is 12.5. The van der Waals surface area contributed by atoms with Crippen LogP contribution >= 0.6 is 21.6 Å². The number of nitrogens with one attached hydrogen (secondary N) is 1. The molecule has 4 aromatic rings. The second-order valence-corrected chi connectivity index (χ2v) is 15.8. The Labute approximate surface area is 375 Å². The molecule has 0 aliphatic carbocycles. The molecule has 1 N–H and O–H groups in total. The molecule has 0 radical (unpaired) electrons. The van der Waals surface area contributed by atoms with Crippen LogP contribution in [0.5, 0.6) is 34.5 Å². The number of amides is 1. The molecule has 0 unspecified atom stereocenters. The van der Waals surface area contributed by atoms with Crippen molar-refractivity contribution in [2.24, 2.45) is 0 Å². The van der Waals surface area contributed by atoms with Crippen LogP contribution in [0.1, 0.15) is 60.8 Å². The number of aryl methyl sites for hydroxylation is 2. The van der Waals surface area contributed by atoms with E-state index >= 15 is 0 Å². The van der Waals surface area contributed by atoms with Gasteiger partial charge in [0.25, 0.3) is 0 Å². The molecule has 0 fully saturated rings. The Morgan fingerprint density at radius 1 is 0.533 bits per heavy atom. The number of halogens is 2. The van der Waals surface area contributed by atoms with Crippen molar-refractivity contribution < 1.29 is 72.0 Å². The number of carbonyl (C=O) groups excluding carboxylic acids is 2. The third kappa shape index (κ3) is 17.2. The molecule has 0 bridgehead atoms. The lowest BCUT2D eigenvalue weighted by Gasteiger charge is -2.12. The summed E-state index contributed by atoms with van der Waals surface area (Å²) in [7, 11) is 13.2. The molecule has 0 saturated heterocycles. The zero-order chi connectivity index (χ0) is 41.5. The zero-order valence-corrected chi connectivity index (χ0v) is 38.4. The first kappa shape index (κ1) is 51.6. The Hall–Kier alpha value is -4.56. The molecule has 0 atom stereocenters. The fraction of sp³-hybridized carbons (Fsp3) is 0.378. The largest absolute Gasteiger partial charge is 1.00 e. The van der Waals surface area contributed by atoms with Crippen LogP contribution in [0.2, 0.25) is 0 Å². The van der Waals surface area contributed by atoms with Gasteiger partial charge in [-0.1, -0.05) is 45.9 Å². The predicted molar refractivity (Wildman–Crippen MR) is 234 cm³/mol. The molecule has 0 aliphatic rings. The normalized spacial score (nSPS) is 10.8. The monoisotopic (exact) mass is 901 g/mol. The molecule has 2 aromatic heterocycles. The third-order valence-electron chi connectivity index (χ3n) is 9.18. The van der Waals surface area contributed by atoms with E-state index in [-0.39, 0.29) is 30.7 Å². The second-order valence-electron chi connectivity index (χ2n) is 13.1. The van der Waals surface area contributed by atoms with Crippen molar-refractivity contribution in [3.05, 3.63) is 95.6 Å². The van der Waals surface area contributed by atoms with Gasteiger partial charge in [0, 0.05) is 97.7 Å². The number of methoxy groups -OCH3 is 6. The Kier molecular flexibility index (Phi) is 24.8. The molecule has 2 aromatic carbocycles. The third-order valence-corrected chi connectivity index (χ3v) is 11.7. The van der Waals surface area contributed by atoms with Crippen LogP contribution in [0.3, 0.4) is 0 Å². The fourth-order valence-corrected chi connectivity index (χ4v) is 7.96. The summed E-state index contributed by atoms with van der Waals surface area (Å²) >= 11 is 0. The SMILES string of the molecule is COc1cc(OC)c(OC)cc1/C=C/c1cc[n+](CCCC(=O)CCCSSCCNC(=O)CCC[n+]2ccc(/C=C/c3cc(OC)c(OC)cc3OC)cc2)cc1.[Cl-].[Cl-]. The highest BCUT2D eigenvalue weighted by Crippen LogP contribution is 2.36. The number of ketones is 1. The van der Waals surface area contributed by atoms with Gasteiger partial charge in [-0.3, -0.25) is 9.59 Å². The van der Waals surface area contributed by atoms with Crippen molar-refractivity contribution in [3.63, 3.8) is 0 Å². The van der Waals surface area contributed by atoms with Gasteiger partial charge in [-0.25, -0.2) is 9.13 Å². The topological polar surface area (TPSA) is 109 Å². The summed E-state index contributed by atoms with van der Waals surface area (Å²) in [5.41, 5.74) is 3.87. The molecule has 326 valence electrons. The van der Waals surface area contributed by atoms with Crippen molar-refractivity contribution in [3.8, 4) is 34.5 Å². The number of hydrogen-bond donors (Lipinski definition) is 1. The molecular formula is C45H57Cl2N3O8S2. The minimum atomic E-state index is 0. The van der Waals surface area contributed by atoms with Gasteiger partial charge in [0.2, 0.25) is 5.91 Å². The summed E-state index contributed by atoms with van der Waals surface area (Å²) in [5.74, 6) is 6.03. The van der Waals surface area contributed by atoms with Crippen LogP contribution in [-0.4, -0.2) is 72.4 Å². The van der Waals surface area contributed by atoms with Gasteiger partial charge >= 0.3 is 0 Å². The molecule has 0 spiro atoms. The van der Waals surface area contributed by atoms with Crippen molar-refractivity contribution in [1.82, 2.24) is 5.32 Å². The number of aromatic nitrogens is 2. The van der Waals surface area contributed by atoms with E-state index in [1.807, 2.05) is 97.6 Å². The second kappa shape index (κ2) is 28.8. The van der Waals surface area contributed by atoms with E-state index in [0.29, 0.717) is 66.1 Å². The van der Waals surface area contributed by atoms with Gasteiger partial charge in [0.05, 0.1) is 42.7 Å². The van der Waals surface area contributed by atoms with Crippen LogP contribution in [0.15, 0.2) is 73.3 Å². The first-order valence-electron chi connectivity index (χ1n) is 19.3. The molecule has 0 saturated carbocycles. The van der Waals surface area contributed by atoms with E-state index in [9.17, 15) is 9.59 Å². The molecule has 4 rings (SSSR count). The standard InChI is InChI=1S/C45H56N3O8S2.2ClH/c1-51-39-32-43(55-5)41(53-3)30-36(39)15-13-34-17-24-47(25-18-34)22-7-10-38(49)11-9-28-57-58-29-21-46-45(50)12-8-23-48-26-19-35(20-27-48)14-16-37-31-42(54-4)44(56-6)33-40(37)52-2;;/h13-20,24-27,30-33H,7-12,21-23,28-29H2,1-6H3;2*1H/q+1;;/p-1/b15-13+,16-14+;;. The minimum Gasteiger partial charge on any atom is -1.00 e. The lowest BCUT2D eigenvalue weighted by atomic mass is 10.1. The zero-order valence-electron chi connectivity index (χ0n) is 35.2. The Morgan fingerprint density at radius 2 is 0.933 bits per heavy atom. The average Bonchev–Trinajstić information content (AvgIpc) is 3.25. The van der Waals surface area contributed by atoms with Gasteiger partial charge in [-0.05, 0) is 29.7 Å². The van der Waals surface area contributed by atoms with Gasteiger partial charge in [-0.2, -0.15) is 0 Å². The average molecular weight is 903 g/mol. The lowest BCUT2D eigenvalue weighted by Crippen LogP contribution is -3.00. The molecular weight excluding hydrogens is 846 g/mol. The van der Waals surface area contributed by atoms with Gasteiger partial charge in [-0.15, -0.1) is 0 Å². The Morgan fingerprint density at radius 3 is 1.38 bits per heavy atom. The van der Waals surface area contributed by atoms with Gasteiger partial charge in [0.1, 0.15) is 30.4 Å². The van der Waals surface area contributed by atoms with E-state index in [1.54, 1.807) is 64.2 Å². The number of benzene rings is 2. The van der Waals surface area contributed by atoms with Gasteiger partial charge in [0.15, 0.2) is 47.8 Å². The van der Waals surface area contributed by atoms with Crippen molar-refractivity contribution in [1.29, 1.82) is 0 Å². The summed E-state index contributed by atoms with van der Waals surface area (Å²) in [6.07, 6.45) is 20.2. The fourth-order valence-electron chi connectivity index (χ4n) is 5.97. The Balaban J connectivity index is 0.00000620. The van der Waals surface area contributed by atoms with Crippen LogP contribution in [0, 0.1) is 0 Å². The summed E-state index contributed by atoms with van der Waals surface area (Å²) in [5, 5.41) is 3.02. The number of rotatable bonds is 26. The van der Waals surface area contributed by atoms with E-state index in [2.05, 4.69) is 14.5 Å². The quantitative estimate of drug-likeness (QED) is 0.0570. The number of nitrogens with zero attached hydrogens (tertiary/aromatic N) is 2. The Bertz CT molecular complexity index is 1820. The molecule has 11 nitrogen and oxygen atoms in total. The van der Waals surface area contributed by atoms with E-state index in [1.165, 1.54) is 0 Å². The molecule has 0 aliphatic heterocycles. The number of carbonyl (C=O) groups is 2. The number of Topliss-reactive ketones (excluding diaryl/α,β-unsaturated/α-hetero) is 1. The maximum Gasteiger partial charge on any atom is 0.220 e. The smallest absolute Gasteiger partial charge is 0.220 e. The molecule has 1 amide bonds. The number of hydrogen-bond acceptors (Lipinski definition) is 10. The number of pyridine rings is 2. The maximum atomic E-state index is 12.5. The highest BCUT2D eigenvalue weighted by atomic mass is 35.5. The molecule has 60 heavy (non-hydrogen) atoms. The first-order valence-corrected chi connectivity index (χ1v) is 21.8. The summed E-state index contributed by atoms with van der Waals surface area (Å²) < 4.78 is 36.8. The van der Waals surface area contributed by atoms with Crippen molar-refractivity contribution >= 4 is 57.6 Å². The number of ether oxygens (including phenoxy) is 6. The van der Waals surface area contributed by atoms with Crippen LogP contribution in [0.25, 0.3) is 24.3 Å². The molecule has 2 heterocycles. The predicted octanol–water partition coefficient (Wildman–Crippen LogP) is 1.77. The van der Waals surface area contributed by atoms with Crippen LogP contribution < -0.4 is 67.7 Å². The first-order chi connectivity index (χ1) is 28.3. The highest BCUT2D eigenvalue weighted by Gasteiger charge is 2.12. The summed E-state index contributed by atoms with van der Waals surface area (Å²) in [6, 6.07) is 15.6. The van der Waals surface area contributed by atoms with Crippen molar-refractivity contribution in [2.75, 3.05) is 60.7 Å². The highest BCUT2D eigenvalue weighted by molar-refractivity contribution is 8.76. The minimum absolute atomic E-state index is 0. The summed E-state index contributed by atoms with van der Waals surface area (Å²) in [6.45, 7) is 2.18. The summed E-state index contributed by atoms with van der Waals surface area (Å²) in [4.78, 5) is 24.8. The van der Waals surface area contributed by atoms with Crippen LogP contribution in [-0.2, 0) is 22.7 Å². The van der Waals surface area contributed by atoms with Crippen molar-refractivity contribution in [2.45, 2.75) is 51.6 Å². The van der Waals surface area contributed by atoms with E-state index < -0.39 is 0 Å². The van der Waals surface area contributed by atoms with Crippen LogP contribution in [0.4, 0.5) is 0 Å².